The molecule has 7 heteroatoms. The van der Waals surface area contributed by atoms with Crippen molar-refractivity contribution in [2.75, 3.05) is 14.2 Å². The van der Waals surface area contributed by atoms with Gasteiger partial charge < -0.3 is 14.2 Å². The summed E-state index contributed by atoms with van der Waals surface area (Å²) < 4.78 is 30.5. The molecule has 1 saturated carbocycles. The van der Waals surface area contributed by atoms with Crippen molar-refractivity contribution in [2.45, 2.75) is 63.4 Å². The number of benzene rings is 2. The number of rotatable bonds is 6. The van der Waals surface area contributed by atoms with E-state index in [0.29, 0.717) is 34.9 Å². The maximum Gasteiger partial charge on any atom is 0.315 e. The van der Waals surface area contributed by atoms with Crippen LogP contribution in [0.2, 0.25) is 0 Å². The maximum atomic E-state index is 13.8. The molecule has 1 unspecified atom stereocenters. The first-order chi connectivity index (χ1) is 17.9. The lowest BCUT2D eigenvalue weighted by Gasteiger charge is -2.37. The number of carbonyl (C=O) groups is 2. The molecule has 0 amide bonds. The standard InChI is InChI=1S/C30H32FNO5/c1-17-27(30(34)37-22-6-4-5-7-22)28(18-8-11-21(31)12-9-18)29-23(32-17)14-20(15-24(29)33)19-10-13-25(35-2)26(16-19)36-3/h8-13,16,20,22,27-28H,4-7,14-15H2,1-3H3/t20-,27?,28+/m0/s1. The highest BCUT2D eigenvalue weighted by atomic mass is 19.1. The second-order valence-corrected chi connectivity index (χ2v) is 10.1. The van der Waals surface area contributed by atoms with Crippen LogP contribution < -0.4 is 9.47 Å². The van der Waals surface area contributed by atoms with Crippen molar-refractivity contribution < 1.29 is 28.2 Å². The molecule has 3 atom stereocenters. The first-order valence-electron chi connectivity index (χ1n) is 12.9. The molecule has 0 saturated heterocycles. The molecule has 0 N–H and O–H groups in total. The van der Waals surface area contributed by atoms with E-state index in [-0.39, 0.29) is 36.0 Å². The number of ether oxygens (including phenoxy) is 3. The quantitative estimate of drug-likeness (QED) is 0.457. The van der Waals surface area contributed by atoms with Crippen LogP contribution in [0.15, 0.2) is 58.7 Å². The third-order valence-corrected chi connectivity index (χ3v) is 7.84. The van der Waals surface area contributed by atoms with Gasteiger partial charge in [-0.15, -0.1) is 0 Å². The minimum atomic E-state index is -0.716. The van der Waals surface area contributed by atoms with Crippen LogP contribution in [-0.2, 0) is 14.3 Å². The molecule has 0 spiro atoms. The lowest BCUT2D eigenvalue weighted by Crippen LogP contribution is -2.39. The third-order valence-electron chi connectivity index (χ3n) is 7.84. The first kappa shape index (κ1) is 25.2. The average molecular weight is 506 g/mol. The van der Waals surface area contributed by atoms with E-state index in [1.807, 2.05) is 25.1 Å². The summed E-state index contributed by atoms with van der Waals surface area (Å²) in [6, 6.07) is 11.8. The van der Waals surface area contributed by atoms with Crippen molar-refractivity contribution in [1.82, 2.24) is 0 Å². The predicted molar refractivity (Wildman–Crippen MR) is 138 cm³/mol. The number of ketones is 1. The Hall–Kier alpha value is -3.48. The highest BCUT2D eigenvalue weighted by Gasteiger charge is 2.45. The highest BCUT2D eigenvalue weighted by molar-refractivity contribution is 6.09. The molecule has 0 radical (unpaired) electrons. The lowest BCUT2D eigenvalue weighted by molar-refractivity contribution is -0.151. The van der Waals surface area contributed by atoms with Gasteiger partial charge in [-0.2, -0.15) is 0 Å². The van der Waals surface area contributed by atoms with E-state index in [0.717, 1.165) is 36.8 Å². The average Bonchev–Trinajstić information content (AvgIpc) is 3.40. The van der Waals surface area contributed by atoms with Crippen molar-refractivity contribution in [2.24, 2.45) is 10.9 Å². The van der Waals surface area contributed by atoms with E-state index in [1.165, 1.54) is 12.1 Å². The Bertz CT molecular complexity index is 1260. The molecule has 1 heterocycles. The number of hydrogen-bond acceptors (Lipinski definition) is 6. The first-order valence-corrected chi connectivity index (χ1v) is 12.9. The Morgan fingerprint density at radius 3 is 2.30 bits per heavy atom. The van der Waals surface area contributed by atoms with Gasteiger partial charge in [0.1, 0.15) is 17.8 Å². The summed E-state index contributed by atoms with van der Waals surface area (Å²) in [5, 5.41) is 0. The van der Waals surface area contributed by atoms with Gasteiger partial charge in [-0.1, -0.05) is 18.2 Å². The Morgan fingerprint density at radius 1 is 0.946 bits per heavy atom. The van der Waals surface area contributed by atoms with E-state index < -0.39 is 11.8 Å². The summed E-state index contributed by atoms with van der Waals surface area (Å²) in [6.45, 7) is 1.82. The van der Waals surface area contributed by atoms with Crippen LogP contribution in [0.4, 0.5) is 4.39 Å². The number of allylic oxidation sites excluding steroid dienone is 2. The highest BCUT2D eigenvalue weighted by Crippen LogP contribution is 2.47. The second-order valence-electron chi connectivity index (χ2n) is 10.1. The van der Waals surface area contributed by atoms with E-state index in [4.69, 9.17) is 19.2 Å². The van der Waals surface area contributed by atoms with Crippen LogP contribution in [0.5, 0.6) is 11.5 Å². The molecule has 194 valence electrons. The van der Waals surface area contributed by atoms with Crippen molar-refractivity contribution in [1.29, 1.82) is 0 Å². The monoisotopic (exact) mass is 505 g/mol. The fourth-order valence-corrected chi connectivity index (χ4v) is 5.98. The number of aliphatic imine (C=N–C) groups is 1. The fraction of sp³-hybridized carbons (Fsp3) is 0.433. The Balaban J connectivity index is 1.52. The Labute approximate surface area is 216 Å². The van der Waals surface area contributed by atoms with Gasteiger partial charge in [0.25, 0.3) is 0 Å². The van der Waals surface area contributed by atoms with E-state index in [1.54, 1.807) is 26.4 Å². The minimum absolute atomic E-state index is 0.0507. The second kappa shape index (κ2) is 10.5. The van der Waals surface area contributed by atoms with Gasteiger partial charge in [0.2, 0.25) is 0 Å². The zero-order chi connectivity index (χ0) is 26.1. The fourth-order valence-electron chi connectivity index (χ4n) is 5.98. The number of hydrogen-bond donors (Lipinski definition) is 0. The van der Waals surface area contributed by atoms with Gasteiger partial charge in [0, 0.05) is 29.3 Å². The largest absolute Gasteiger partial charge is 0.493 e. The van der Waals surface area contributed by atoms with Gasteiger partial charge in [-0.05, 0) is 80.3 Å². The van der Waals surface area contributed by atoms with Gasteiger partial charge in [0.05, 0.1) is 14.2 Å². The number of carbonyl (C=O) groups excluding carboxylic acids is 2. The van der Waals surface area contributed by atoms with Gasteiger partial charge in [-0.25, -0.2) is 4.39 Å². The summed E-state index contributed by atoms with van der Waals surface area (Å²) >= 11 is 0. The maximum absolute atomic E-state index is 13.8. The summed E-state index contributed by atoms with van der Waals surface area (Å²) in [5.74, 6) is -0.901. The zero-order valence-corrected chi connectivity index (χ0v) is 21.5. The minimum Gasteiger partial charge on any atom is -0.493 e. The normalized spacial score (nSPS) is 23.9. The molecule has 5 rings (SSSR count). The summed E-state index contributed by atoms with van der Waals surface area (Å²) in [6.07, 6.45) is 4.54. The van der Waals surface area contributed by atoms with Crippen molar-refractivity contribution in [3.8, 4) is 11.5 Å². The molecule has 3 aliphatic rings. The smallest absolute Gasteiger partial charge is 0.315 e. The summed E-state index contributed by atoms with van der Waals surface area (Å²) in [5.41, 5.74) is 3.54. The van der Waals surface area contributed by atoms with Gasteiger partial charge in [0.15, 0.2) is 17.3 Å². The third kappa shape index (κ3) is 4.91. The topological polar surface area (TPSA) is 74.2 Å². The molecule has 2 aliphatic carbocycles. The number of halogens is 1. The molecule has 37 heavy (non-hydrogen) atoms. The molecule has 2 aromatic rings. The molecule has 0 aromatic heterocycles. The predicted octanol–water partition coefficient (Wildman–Crippen LogP) is 5.90. The molecule has 1 fully saturated rings. The lowest BCUT2D eigenvalue weighted by atomic mass is 9.69. The Kier molecular flexibility index (Phi) is 7.13. The van der Waals surface area contributed by atoms with E-state index in [2.05, 4.69) is 0 Å². The number of nitrogens with zero attached hydrogens (tertiary/aromatic N) is 1. The van der Waals surface area contributed by atoms with E-state index in [9.17, 15) is 14.0 Å². The number of Topliss-reactive ketones (excluding diaryl/α,β-unsaturated/α-hetero) is 1. The van der Waals surface area contributed by atoms with Crippen molar-refractivity contribution in [3.05, 3.63) is 70.7 Å². The van der Waals surface area contributed by atoms with E-state index >= 15 is 0 Å². The SMILES string of the molecule is COc1ccc([C@@H]2CC(=O)C3=C(C2)N=C(C)C(C(=O)OC2CCCC2)[C@H]3c2ccc(F)cc2)cc1OC. The van der Waals surface area contributed by atoms with Crippen molar-refractivity contribution in [3.63, 3.8) is 0 Å². The van der Waals surface area contributed by atoms with Crippen LogP contribution in [0.3, 0.4) is 0 Å². The zero-order valence-electron chi connectivity index (χ0n) is 21.5. The van der Waals surface area contributed by atoms with Crippen LogP contribution in [-0.4, -0.2) is 37.8 Å². The van der Waals surface area contributed by atoms with Crippen LogP contribution in [0, 0.1) is 11.7 Å². The Morgan fingerprint density at radius 2 is 1.62 bits per heavy atom. The molecular formula is C30H32FNO5. The molecule has 6 nitrogen and oxygen atoms in total. The van der Waals surface area contributed by atoms with Crippen LogP contribution >= 0.6 is 0 Å². The van der Waals surface area contributed by atoms with Crippen molar-refractivity contribution >= 4 is 17.5 Å². The molecule has 2 aromatic carbocycles. The number of methoxy groups -OCH3 is 2. The molecule has 1 aliphatic heterocycles. The number of esters is 1. The summed E-state index contributed by atoms with van der Waals surface area (Å²) in [4.78, 5) is 32.0. The summed E-state index contributed by atoms with van der Waals surface area (Å²) in [7, 11) is 3.17. The van der Waals surface area contributed by atoms with Crippen LogP contribution in [0.1, 0.15) is 68.4 Å². The van der Waals surface area contributed by atoms with Gasteiger partial charge >= 0.3 is 5.97 Å². The molecular weight excluding hydrogens is 473 g/mol. The van der Waals surface area contributed by atoms with Crippen LogP contribution in [0.25, 0.3) is 0 Å². The molecule has 0 bridgehead atoms. The van der Waals surface area contributed by atoms with Gasteiger partial charge in [-0.3, -0.25) is 14.6 Å².